The van der Waals surface area contributed by atoms with Crippen molar-refractivity contribution in [2.75, 3.05) is 0 Å². The van der Waals surface area contributed by atoms with Crippen LogP contribution < -0.4 is 70.2 Å². The normalized spacial score (nSPS) is 0.750. The zero-order valence-corrected chi connectivity index (χ0v) is 7.59. The van der Waals surface area contributed by atoms with Crippen LogP contribution in [-0.2, 0) is 23.7 Å². The van der Waals surface area contributed by atoms with Gasteiger partial charge in [0.15, 0.2) is 0 Å². The van der Waals surface area contributed by atoms with Crippen molar-refractivity contribution in [3.63, 3.8) is 0 Å². The van der Waals surface area contributed by atoms with E-state index in [4.69, 9.17) is 3.32 Å². The van der Waals surface area contributed by atoms with Crippen LogP contribution in [0.4, 0.5) is 0 Å². The maximum atomic E-state index is 8.25. The minimum absolute atomic E-state index is 0. The van der Waals surface area contributed by atoms with Crippen molar-refractivity contribution in [2.45, 2.75) is 0 Å². The first kappa shape index (κ1) is 15.9. The zero-order valence-electron chi connectivity index (χ0n) is 4.91. The van der Waals surface area contributed by atoms with Crippen LogP contribution in [0.1, 0.15) is 2.85 Å². The van der Waals surface area contributed by atoms with Crippen LogP contribution in [0, 0.1) is 0 Å². The second-order valence-corrected chi connectivity index (χ2v) is 0. The third-order valence-electron chi connectivity index (χ3n) is 0. The van der Waals surface area contributed by atoms with Gasteiger partial charge in [0, 0.05) is 0 Å². The average molecular weight is 112 g/mol. The summed E-state index contributed by atoms with van der Waals surface area (Å²) in [6.07, 6.45) is 0. The quantitative estimate of drug-likeness (QED) is 0.285. The van der Waals surface area contributed by atoms with E-state index in [1.165, 1.54) is 0 Å². The molecule has 0 saturated carbocycles. The molecule has 0 fully saturated rings. The first-order chi connectivity index (χ1) is 1.00. The van der Waals surface area contributed by atoms with Crippen LogP contribution in [0.15, 0.2) is 0 Å². The minimum atomic E-state index is 0. The Bertz CT molecular complexity index is 13.5. The van der Waals surface area contributed by atoms with Crippen LogP contribution in [0.25, 0.3) is 0 Å². The van der Waals surface area contributed by atoms with Gasteiger partial charge in [0.25, 0.3) is 0 Å². The van der Waals surface area contributed by atoms with Gasteiger partial charge in [-0.1, -0.05) is 0 Å². The monoisotopic (exact) mass is 112 g/mol. The molecule has 0 bridgehead atoms. The van der Waals surface area contributed by atoms with Gasteiger partial charge in [-0.15, -0.1) is 0 Å². The summed E-state index contributed by atoms with van der Waals surface area (Å²) in [7, 11) is 0. The molecule has 4 heavy (non-hydrogen) atoms. The van der Waals surface area contributed by atoms with Crippen LogP contribution in [0.3, 0.4) is 0 Å². The molecule has 0 saturated heterocycles. The van der Waals surface area contributed by atoms with Crippen molar-refractivity contribution in [2.24, 2.45) is 0 Å². The van der Waals surface area contributed by atoms with Crippen LogP contribution in [-0.4, -0.2) is 0 Å². The van der Waals surface area contributed by atoms with Crippen molar-refractivity contribution in [1.82, 2.24) is 0 Å². The van der Waals surface area contributed by atoms with Crippen molar-refractivity contribution >= 4 is 0 Å². The molecule has 0 aliphatic carbocycles. The summed E-state index contributed by atoms with van der Waals surface area (Å²) in [6.45, 7) is 0. The molecule has 0 radical (unpaired) electrons. The molecule has 0 N–H and O–H groups in total. The standard InChI is InChI=1S/K.Li.O.Ti.2H/q2*+1;;;2*-1. The molecule has 0 aromatic carbocycles. The van der Waals surface area contributed by atoms with Crippen molar-refractivity contribution in [3.8, 4) is 0 Å². The maximum absolute atomic E-state index is 8.25. The van der Waals surface area contributed by atoms with E-state index in [-0.39, 0.29) is 73.1 Å². The SMILES string of the molecule is [H-].[H-].[K+].[Li+].[O]=[Ti]. The van der Waals surface area contributed by atoms with Crippen molar-refractivity contribution < 1.29 is 96.8 Å². The van der Waals surface area contributed by atoms with Gasteiger partial charge in [-0.2, -0.15) is 0 Å². The Hall–Kier alpha value is 2.75. The van der Waals surface area contributed by atoms with E-state index >= 15 is 0 Å². The van der Waals surface area contributed by atoms with Gasteiger partial charge >= 0.3 is 94.0 Å². The van der Waals surface area contributed by atoms with E-state index in [2.05, 4.69) is 0 Å². The number of hydrogen-bond acceptors (Lipinski definition) is 1. The molecule has 0 heterocycles. The molecule has 0 rings (SSSR count). The van der Waals surface area contributed by atoms with Gasteiger partial charge in [0.1, 0.15) is 0 Å². The molecule has 0 atom stereocenters. The summed E-state index contributed by atoms with van der Waals surface area (Å²) < 4.78 is 8.25. The van der Waals surface area contributed by atoms with Gasteiger partial charge in [0.2, 0.25) is 0 Å². The van der Waals surface area contributed by atoms with Gasteiger partial charge in [-0.25, -0.2) is 0 Å². The molecule has 0 unspecified atom stereocenters. The van der Waals surface area contributed by atoms with Gasteiger partial charge in [-0.3, -0.25) is 0 Å². The fraction of sp³-hybridized carbons (Fsp3) is 0. The number of rotatable bonds is 0. The molecular weight excluding hydrogens is 110 g/mol. The molecule has 0 aliphatic heterocycles. The Labute approximate surface area is 94.6 Å². The van der Waals surface area contributed by atoms with E-state index in [0.29, 0.717) is 0 Å². The first-order valence-corrected chi connectivity index (χ1v) is 0.842. The van der Waals surface area contributed by atoms with E-state index in [0.717, 1.165) is 20.4 Å². The molecule has 0 aromatic heterocycles. The predicted octanol–water partition coefficient (Wildman–Crippen LogP) is -5.89. The molecule has 0 aliphatic rings. The number of hydrogen-bond donors (Lipinski definition) is 0. The Morgan fingerprint density at radius 2 is 1.50 bits per heavy atom. The first-order valence-electron chi connectivity index (χ1n) is 0.204. The molecule has 0 aromatic rings. The molecule has 4 heteroatoms. The predicted molar refractivity (Wildman–Crippen MR) is 2.91 cm³/mol. The topological polar surface area (TPSA) is 17.1 Å². The van der Waals surface area contributed by atoms with Crippen LogP contribution in [0.5, 0.6) is 0 Å². The molecule has 14 valence electrons. The van der Waals surface area contributed by atoms with Gasteiger partial charge in [-0.05, 0) is 0 Å². The second-order valence-electron chi connectivity index (χ2n) is 0. The molecule has 0 spiro atoms. The Kier molecular flexibility index (Phi) is 68.1. The van der Waals surface area contributed by atoms with E-state index in [1.807, 2.05) is 0 Å². The van der Waals surface area contributed by atoms with E-state index < -0.39 is 0 Å². The summed E-state index contributed by atoms with van der Waals surface area (Å²) in [5.74, 6) is 0. The third kappa shape index (κ3) is 8.83. The average Bonchev–Trinajstić information content (AvgIpc) is 1.00. The molecule has 1 nitrogen and oxygen atoms in total. The Morgan fingerprint density at radius 3 is 1.50 bits per heavy atom. The zero-order chi connectivity index (χ0) is 2.00. The van der Waals surface area contributed by atoms with Gasteiger partial charge in [0.05, 0.1) is 0 Å². The van der Waals surface area contributed by atoms with Crippen LogP contribution in [0.2, 0.25) is 0 Å². The van der Waals surface area contributed by atoms with Gasteiger partial charge < -0.3 is 2.85 Å². The van der Waals surface area contributed by atoms with Crippen LogP contribution >= 0.6 is 0 Å². The summed E-state index contributed by atoms with van der Waals surface area (Å²) in [5.41, 5.74) is 0. The second kappa shape index (κ2) is 17.2. The fourth-order valence-corrected chi connectivity index (χ4v) is 0. The molecular formula is H2KLiOTi. The van der Waals surface area contributed by atoms with Crippen molar-refractivity contribution in [1.29, 1.82) is 0 Å². The molecule has 0 amide bonds. The Balaban J connectivity index is -0.000000000833. The Morgan fingerprint density at radius 1 is 1.50 bits per heavy atom. The van der Waals surface area contributed by atoms with E-state index in [1.54, 1.807) is 0 Å². The van der Waals surface area contributed by atoms with E-state index in [9.17, 15) is 0 Å². The fourth-order valence-electron chi connectivity index (χ4n) is 0. The summed E-state index contributed by atoms with van der Waals surface area (Å²) in [4.78, 5) is 0. The summed E-state index contributed by atoms with van der Waals surface area (Å²) >= 11 is 0.750. The van der Waals surface area contributed by atoms with Crippen molar-refractivity contribution in [3.05, 3.63) is 0 Å². The summed E-state index contributed by atoms with van der Waals surface area (Å²) in [5, 5.41) is 0. The summed E-state index contributed by atoms with van der Waals surface area (Å²) in [6, 6.07) is 0. The third-order valence-corrected chi connectivity index (χ3v) is 0.